The smallest absolute Gasteiger partial charge is 0.250 e. The number of allylic oxidation sites excluding steroid dienone is 1. The molecule has 18 heavy (non-hydrogen) atoms. The molecule has 2 aliphatic heterocycles. The van der Waals surface area contributed by atoms with Crippen LogP contribution in [0.5, 0.6) is 0 Å². The topological polar surface area (TPSA) is 37.4 Å². The molecule has 1 saturated heterocycles. The van der Waals surface area contributed by atoms with Gasteiger partial charge in [0.25, 0.3) is 0 Å². The quantitative estimate of drug-likeness (QED) is 0.655. The Bertz CT molecular complexity index is 425. The van der Waals surface area contributed by atoms with Crippen molar-refractivity contribution in [3.05, 3.63) is 11.1 Å². The summed E-state index contributed by atoms with van der Waals surface area (Å²) in [6.07, 6.45) is 7.11. The molecule has 0 spiro atoms. The van der Waals surface area contributed by atoms with Crippen LogP contribution in [0.25, 0.3) is 0 Å². The molecule has 4 rings (SSSR count). The predicted molar refractivity (Wildman–Crippen MR) is 66.8 cm³/mol. The lowest BCUT2D eigenvalue weighted by molar-refractivity contribution is -0.129. The fourth-order valence-electron chi connectivity index (χ4n) is 4.64. The van der Waals surface area contributed by atoms with Gasteiger partial charge in [-0.15, -0.1) is 0 Å². The van der Waals surface area contributed by atoms with Crippen molar-refractivity contribution in [2.75, 3.05) is 6.54 Å². The maximum atomic E-state index is 12.7. The zero-order valence-corrected chi connectivity index (χ0v) is 10.7. The highest BCUT2D eigenvalue weighted by atomic mass is 16.2. The standard InChI is InChI=1S/C15H19NO2/c17-14-10-3-1-2-4-11(10)15(18)16-8-7-9-5-6-12(14)13(9)16/h9,12-13H,1-8H2/t9-,12-,13+/m0/s1. The maximum Gasteiger partial charge on any atom is 0.250 e. The lowest BCUT2D eigenvalue weighted by Gasteiger charge is -2.26. The van der Waals surface area contributed by atoms with Gasteiger partial charge in [0.05, 0.1) is 0 Å². The Kier molecular flexibility index (Phi) is 2.21. The van der Waals surface area contributed by atoms with Crippen molar-refractivity contribution in [1.82, 2.24) is 4.90 Å². The van der Waals surface area contributed by atoms with Gasteiger partial charge in [-0.25, -0.2) is 0 Å². The molecule has 2 heterocycles. The van der Waals surface area contributed by atoms with Gasteiger partial charge in [0.2, 0.25) is 5.91 Å². The predicted octanol–water partition coefficient (Wildman–Crippen LogP) is 2.07. The maximum absolute atomic E-state index is 12.7. The zero-order chi connectivity index (χ0) is 12.3. The molecular weight excluding hydrogens is 226 g/mol. The Morgan fingerprint density at radius 1 is 0.944 bits per heavy atom. The van der Waals surface area contributed by atoms with Crippen LogP contribution in [0.3, 0.4) is 0 Å². The lowest BCUT2D eigenvalue weighted by Crippen LogP contribution is -2.40. The molecule has 0 aromatic rings. The minimum atomic E-state index is 0.132. The highest BCUT2D eigenvalue weighted by molar-refractivity contribution is 6.09. The number of ketones is 1. The van der Waals surface area contributed by atoms with Crippen molar-refractivity contribution < 1.29 is 9.59 Å². The Hall–Kier alpha value is -1.12. The summed E-state index contributed by atoms with van der Waals surface area (Å²) < 4.78 is 0. The Labute approximate surface area is 107 Å². The van der Waals surface area contributed by atoms with Crippen LogP contribution in [0.1, 0.15) is 44.9 Å². The van der Waals surface area contributed by atoms with Crippen LogP contribution in [0.15, 0.2) is 11.1 Å². The van der Waals surface area contributed by atoms with Crippen molar-refractivity contribution in [3.63, 3.8) is 0 Å². The summed E-state index contributed by atoms with van der Waals surface area (Å²) in [6.45, 7) is 0.884. The molecule has 0 N–H and O–H groups in total. The van der Waals surface area contributed by atoms with E-state index in [9.17, 15) is 9.59 Å². The largest absolute Gasteiger partial charge is 0.335 e. The summed E-state index contributed by atoms with van der Waals surface area (Å²) >= 11 is 0. The fourth-order valence-corrected chi connectivity index (χ4v) is 4.64. The summed E-state index contributed by atoms with van der Waals surface area (Å²) in [5.41, 5.74) is 1.78. The fraction of sp³-hybridized carbons (Fsp3) is 0.733. The van der Waals surface area contributed by atoms with Crippen LogP contribution >= 0.6 is 0 Å². The number of hydrogen-bond donors (Lipinski definition) is 0. The highest BCUT2D eigenvalue weighted by Crippen LogP contribution is 2.47. The van der Waals surface area contributed by atoms with Gasteiger partial charge in [-0.3, -0.25) is 9.59 Å². The number of Topliss-reactive ketones (excluding diaryl/α,β-unsaturated/α-hetero) is 1. The normalized spacial score (nSPS) is 38.9. The number of amides is 1. The first-order valence-electron chi connectivity index (χ1n) is 7.34. The summed E-state index contributed by atoms with van der Waals surface area (Å²) in [5, 5.41) is 0. The molecule has 1 saturated carbocycles. The van der Waals surface area contributed by atoms with Crippen molar-refractivity contribution in [3.8, 4) is 0 Å². The van der Waals surface area contributed by atoms with Gasteiger partial charge >= 0.3 is 0 Å². The number of carbonyl (C=O) groups excluding carboxylic acids is 2. The Balaban J connectivity index is 1.84. The van der Waals surface area contributed by atoms with Crippen molar-refractivity contribution in [2.24, 2.45) is 11.8 Å². The van der Waals surface area contributed by atoms with E-state index in [0.29, 0.717) is 11.7 Å². The minimum Gasteiger partial charge on any atom is -0.335 e. The molecule has 3 nitrogen and oxygen atoms in total. The van der Waals surface area contributed by atoms with Gasteiger partial charge in [0.15, 0.2) is 5.78 Å². The second kappa shape index (κ2) is 3.69. The van der Waals surface area contributed by atoms with Gasteiger partial charge in [-0.05, 0) is 50.9 Å². The Morgan fingerprint density at radius 2 is 1.72 bits per heavy atom. The minimum absolute atomic E-state index is 0.132. The van der Waals surface area contributed by atoms with E-state index in [4.69, 9.17) is 0 Å². The molecule has 0 aromatic carbocycles. The Morgan fingerprint density at radius 3 is 2.56 bits per heavy atom. The molecule has 1 amide bonds. The van der Waals surface area contributed by atoms with Crippen LogP contribution < -0.4 is 0 Å². The second-order valence-electron chi connectivity index (χ2n) is 6.25. The van der Waals surface area contributed by atoms with E-state index in [1.807, 2.05) is 4.90 Å². The van der Waals surface area contributed by atoms with Crippen molar-refractivity contribution in [2.45, 2.75) is 51.0 Å². The zero-order valence-electron chi connectivity index (χ0n) is 10.7. The van der Waals surface area contributed by atoms with E-state index in [0.717, 1.165) is 62.6 Å². The molecule has 2 fully saturated rings. The molecule has 0 unspecified atom stereocenters. The summed E-state index contributed by atoms with van der Waals surface area (Å²) in [7, 11) is 0. The average molecular weight is 245 g/mol. The van der Waals surface area contributed by atoms with Crippen LogP contribution in [-0.4, -0.2) is 29.2 Å². The monoisotopic (exact) mass is 245 g/mol. The molecule has 3 atom stereocenters. The molecule has 96 valence electrons. The summed E-state index contributed by atoms with van der Waals surface area (Å²) in [4.78, 5) is 27.4. The van der Waals surface area contributed by atoms with Crippen LogP contribution in [-0.2, 0) is 9.59 Å². The van der Waals surface area contributed by atoms with E-state index >= 15 is 0 Å². The van der Waals surface area contributed by atoms with Crippen LogP contribution in [0.4, 0.5) is 0 Å². The number of rotatable bonds is 0. The van der Waals surface area contributed by atoms with Crippen LogP contribution in [0, 0.1) is 11.8 Å². The molecule has 3 heteroatoms. The molecule has 0 aromatic heterocycles. The average Bonchev–Trinajstić information content (AvgIpc) is 2.96. The number of nitrogens with zero attached hydrogens (tertiary/aromatic N) is 1. The van der Waals surface area contributed by atoms with E-state index in [1.54, 1.807) is 0 Å². The third kappa shape index (κ3) is 1.25. The van der Waals surface area contributed by atoms with Crippen molar-refractivity contribution >= 4 is 11.7 Å². The van der Waals surface area contributed by atoms with Crippen LogP contribution in [0.2, 0.25) is 0 Å². The molecule has 0 radical (unpaired) electrons. The summed E-state index contributed by atoms with van der Waals surface area (Å²) in [6, 6.07) is 0.246. The third-order valence-corrected chi connectivity index (χ3v) is 5.47. The van der Waals surface area contributed by atoms with Gasteiger partial charge in [-0.1, -0.05) is 0 Å². The highest BCUT2D eigenvalue weighted by Gasteiger charge is 2.52. The summed E-state index contributed by atoms with van der Waals surface area (Å²) in [5.74, 6) is 1.27. The molecule has 4 aliphatic rings. The molecule has 2 aliphatic carbocycles. The van der Waals surface area contributed by atoms with Gasteiger partial charge in [-0.2, -0.15) is 0 Å². The lowest BCUT2D eigenvalue weighted by atomic mass is 9.84. The number of hydrogen-bond acceptors (Lipinski definition) is 2. The van der Waals surface area contributed by atoms with E-state index in [-0.39, 0.29) is 17.9 Å². The van der Waals surface area contributed by atoms with Crippen molar-refractivity contribution in [1.29, 1.82) is 0 Å². The first kappa shape index (κ1) is 10.8. The number of carbonyl (C=O) groups is 2. The molecule has 0 bridgehead atoms. The SMILES string of the molecule is O=C1C2=C(CCCC2)C(=O)N2CC[C@@H]3CC[C@H]1[C@@H]32. The second-order valence-corrected chi connectivity index (χ2v) is 6.25. The van der Waals surface area contributed by atoms with Gasteiger partial charge in [0.1, 0.15) is 0 Å². The molecular formula is C15H19NO2. The van der Waals surface area contributed by atoms with E-state index in [1.165, 1.54) is 0 Å². The first-order chi connectivity index (χ1) is 8.77. The van der Waals surface area contributed by atoms with E-state index in [2.05, 4.69) is 0 Å². The first-order valence-corrected chi connectivity index (χ1v) is 7.34. The van der Waals surface area contributed by atoms with Gasteiger partial charge in [0, 0.05) is 29.7 Å². The van der Waals surface area contributed by atoms with E-state index < -0.39 is 0 Å². The third-order valence-electron chi connectivity index (χ3n) is 5.47. The van der Waals surface area contributed by atoms with Gasteiger partial charge < -0.3 is 4.90 Å².